The largest absolute Gasteiger partial charge is 0.390 e. The topological polar surface area (TPSA) is 71.4 Å². The number of fused-ring (bicyclic) bond motifs is 1. The van der Waals surface area contributed by atoms with Gasteiger partial charge in [0, 0.05) is 17.6 Å². The second-order valence-corrected chi connectivity index (χ2v) is 7.97. The molecule has 1 N–H and O–H groups in total. The summed E-state index contributed by atoms with van der Waals surface area (Å²) >= 11 is 0. The number of benzene rings is 1. The fraction of sp³-hybridized carbons (Fsp3) is 0.500. The Morgan fingerprint density at radius 2 is 1.85 bits per heavy atom. The SMILES string of the molecule is CC(=O)CC(C)(O)CCCc1c(C)ccc2c1C(=O)C(=O)C(C(C)C)=C2. The Bertz CT molecular complexity index is 782. The van der Waals surface area contributed by atoms with Gasteiger partial charge in [0.15, 0.2) is 0 Å². The molecule has 0 heterocycles. The number of rotatable bonds is 7. The highest BCUT2D eigenvalue weighted by Crippen LogP contribution is 2.31. The van der Waals surface area contributed by atoms with E-state index in [1.54, 1.807) is 6.92 Å². The predicted molar refractivity (Wildman–Crippen MR) is 102 cm³/mol. The van der Waals surface area contributed by atoms with Crippen molar-refractivity contribution in [1.82, 2.24) is 0 Å². The Hall–Kier alpha value is -2.07. The van der Waals surface area contributed by atoms with Crippen LogP contribution in [0.1, 0.15) is 74.0 Å². The summed E-state index contributed by atoms with van der Waals surface area (Å²) in [4.78, 5) is 36.4. The molecule has 1 atom stereocenters. The summed E-state index contributed by atoms with van der Waals surface area (Å²) < 4.78 is 0. The van der Waals surface area contributed by atoms with Crippen molar-refractivity contribution in [2.45, 2.75) is 65.9 Å². The molecular formula is C22H28O4. The average Bonchev–Trinajstić information content (AvgIpc) is 2.51. The van der Waals surface area contributed by atoms with Crippen LogP contribution in [-0.2, 0) is 16.0 Å². The van der Waals surface area contributed by atoms with E-state index in [9.17, 15) is 19.5 Å². The van der Waals surface area contributed by atoms with E-state index >= 15 is 0 Å². The summed E-state index contributed by atoms with van der Waals surface area (Å²) in [5, 5.41) is 10.3. The van der Waals surface area contributed by atoms with Gasteiger partial charge in [-0.25, -0.2) is 0 Å². The van der Waals surface area contributed by atoms with Crippen molar-refractivity contribution >= 4 is 23.4 Å². The maximum atomic E-state index is 12.7. The summed E-state index contributed by atoms with van der Waals surface area (Å²) in [6, 6.07) is 3.87. The molecule has 1 aliphatic rings. The van der Waals surface area contributed by atoms with Crippen molar-refractivity contribution in [3.05, 3.63) is 40.0 Å². The number of Topliss-reactive ketones (excluding diaryl/α,β-unsaturated/α-hetero) is 3. The second kappa shape index (κ2) is 7.67. The van der Waals surface area contributed by atoms with Crippen LogP contribution in [0.25, 0.3) is 6.08 Å². The molecule has 140 valence electrons. The molecule has 0 aliphatic heterocycles. The fourth-order valence-corrected chi connectivity index (χ4v) is 3.66. The molecule has 1 aromatic carbocycles. The van der Waals surface area contributed by atoms with Gasteiger partial charge in [-0.2, -0.15) is 0 Å². The highest BCUT2D eigenvalue weighted by Gasteiger charge is 2.31. The number of hydrogen-bond donors (Lipinski definition) is 1. The van der Waals surface area contributed by atoms with E-state index in [2.05, 4.69) is 0 Å². The van der Waals surface area contributed by atoms with Crippen molar-refractivity contribution in [3.63, 3.8) is 0 Å². The number of ketones is 3. The lowest BCUT2D eigenvalue weighted by molar-refractivity contribution is -0.121. The molecule has 0 saturated heterocycles. The number of aliphatic hydroxyl groups is 1. The zero-order valence-electron chi connectivity index (χ0n) is 16.3. The van der Waals surface area contributed by atoms with Crippen LogP contribution in [0, 0.1) is 12.8 Å². The number of carbonyl (C=O) groups excluding carboxylic acids is 3. The molecule has 0 bridgehead atoms. The van der Waals surface area contributed by atoms with E-state index in [4.69, 9.17) is 0 Å². The lowest BCUT2D eigenvalue weighted by atomic mass is 9.80. The third-order valence-electron chi connectivity index (χ3n) is 4.98. The van der Waals surface area contributed by atoms with Gasteiger partial charge in [0.2, 0.25) is 11.6 Å². The molecule has 0 fully saturated rings. The van der Waals surface area contributed by atoms with Crippen LogP contribution < -0.4 is 0 Å². The second-order valence-electron chi connectivity index (χ2n) is 7.97. The Labute approximate surface area is 155 Å². The number of allylic oxidation sites excluding steroid dienone is 1. The maximum Gasteiger partial charge on any atom is 0.234 e. The predicted octanol–water partition coefficient (Wildman–Crippen LogP) is 3.85. The normalized spacial score (nSPS) is 16.3. The summed E-state index contributed by atoms with van der Waals surface area (Å²) in [5.74, 6) is -0.884. The van der Waals surface area contributed by atoms with Crippen LogP contribution in [0.2, 0.25) is 0 Å². The van der Waals surface area contributed by atoms with Crippen molar-refractivity contribution in [3.8, 4) is 0 Å². The van der Waals surface area contributed by atoms with Crippen LogP contribution in [0.3, 0.4) is 0 Å². The maximum absolute atomic E-state index is 12.7. The molecule has 0 aromatic heterocycles. The minimum Gasteiger partial charge on any atom is -0.390 e. The minimum atomic E-state index is -1.04. The monoisotopic (exact) mass is 356 g/mol. The van der Waals surface area contributed by atoms with Crippen molar-refractivity contribution < 1.29 is 19.5 Å². The molecule has 1 aromatic rings. The van der Waals surface area contributed by atoms with Crippen LogP contribution in [0.4, 0.5) is 0 Å². The van der Waals surface area contributed by atoms with Crippen molar-refractivity contribution in [2.75, 3.05) is 0 Å². The highest BCUT2D eigenvalue weighted by molar-refractivity contribution is 6.52. The highest BCUT2D eigenvalue weighted by atomic mass is 16.3. The first kappa shape index (κ1) is 20.2. The molecule has 26 heavy (non-hydrogen) atoms. The van der Waals surface area contributed by atoms with Crippen molar-refractivity contribution in [1.29, 1.82) is 0 Å². The first-order valence-corrected chi connectivity index (χ1v) is 9.18. The molecule has 0 amide bonds. The van der Waals surface area contributed by atoms with Crippen LogP contribution in [-0.4, -0.2) is 28.1 Å². The van der Waals surface area contributed by atoms with Gasteiger partial charge in [-0.15, -0.1) is 0 Å². The Balaban J connectivity index is 2.29. The van der Waals surface area contributed by atoms with E-state index in [-0.39, 0.29) is 18.1 Å². The summed E-state index contributed by atoms with van der Waals surface area (Å²) in [6.07, 6.45) is 3.65. The number of hydrogen-bond acceptors (Lipinski definition) is 4. The van der Waals surface area contributed by atoms with E-state index in [1.807, 2.05) is 39.0 Å². The molecule has 1 aliphatic carbocycles. The van der Waals surface area contributed by atoms with E-state index in [0.29, 0.717) is 30.4 Å². The Kier molecular flexibility index (Phi) is 5.97. The summed E-state index contributed by atoms with van der Waals surface area (Å²) in [7, 11) is 0. The molecule has 0 saturated carbocycles. The molecule has 2 rings (SSSR count). The summed E-state index contributed by atoms with van der Waals surface area (Å²) in [6.45, 7) is 8.88. The van der Waals surface area contributed by atoms with Gasteiger partial charge in [0.05, 0.1) is 5.60 Å². The van der Waals surface area contributed by atoms with E-state index in [0.717, 1.165) is 16.7 Å². The van der Waals surface area contributed by atoms with E-state index in [1.165, 1.54) is 6.92 Å². The lowest BCUT2D eigenvalue weighted by Gasteiger charge is -2.24. The average molecular weight is 356 g/mol. The van der Waals surface area contributed by atoms with Gasteiger partial charge < -0.3 is 5.11 Å². The van der Waals surface area contributed by atoms with Crippen LogP contribution in [0.15, 0.2) is 17.7 Å². The molecule has 1 unspecified atom stereocenters. The van der Waals surface area contributed by atoms with Gasteiger partial charge in [0.25, 0.3) is 0 Å². The lowest BCUT2D eigenvalue weighted by Crippen LogP contribution is -2.28. The molecule has 4 heteroatoms. The van der Waals surface area contributed by atoms with Gasteiger partial charge in [0.1, 0.15) is 5.78 Å². The Morgan fingerprint density at radius 1 is 1.19 bits per heavy atom. The zero-order chi connectivity index (χ0) is 19.6. The van der Waals surface area contributed by atoms with Crippen LogP contribution >= 0.6 is 0 Å². The van der Waals surface area contributed by atoms with Gasteiger partial charge in [-0.05, 0) is 68.7 Å². The third kappa shape index (κ3) is 4.36. The van der Waals surface area contributed by atoms with Gasteiger partial charge in [-0.1, -0.05) is 26.0 Å². The molecule has 4 nitrogen and oxygen atoms in total. The number of aryl methyl sites for hydroxylation is 1. The first-order chi connectivity index (χ1) is 12.0. The molecule has 0 radical (unpaired) electrons. The zero-order valence-corrected chi connectivity index (χ0v) is 16.3. The fourth-order valence-electron chi connectivity index (χ4n) is 3.66. The third-order valence-corrected chi connectivity index (χ3v) is 4.98. The quantitative estimate of drug-likeness (QED) is 0.753. The smallest absolute Gasteiger partial charge is 0.234 e. The molecule has 0 spiro atoms. The Morgan fingerprint density at radius 3 is 2.42 bits per heavy atom. The van der Waals surface area contributed by atoms with Crippen LogP contribution in [0.5, 0.6) is 0 Å². The standard InChI is InChI=1S/C22H28O4/c1-13(2)18-11-16-9-8-14(3)17(19(16)21(25)20(18)24)7-6-10-22(5,26)12-15(4)23/h8-9,11,13,26H,6-7,10,12H2,1-5H3. The summed E-state index contributed by atoms with van der Waals surface area (Å²) in [5.41, 5.74) is 2.66. The molecular weight excluding hydrogens is 328 g/mol. The van der Waals surface area contributed by atoms with E-state index < -0.39 is 17.2 Å². The number of carbonyl (C=O) groups is 3. The van der Waals surface area contributed by atoms with Gasteiger partial charge >= 0.3 is 0 Å². The van der Waals surface area contributed by atoms with Gasteiger partial charge in [-0.3, -0.25) is 14.4 Å². The minimum absolute atomic E-state index is 0.00558. The first-order valence-electron chi connectivity index (χ1n) is 9.18. The van der Waals surface area contributed by atoms with Crippen molar-refractivity contribution in [2.24, 2.45) is 5.92 Å².